The molecule has 1 aromatic rings. The van der Waals surface area contributed by atoms with Gasteiger partial charge in [0.25, 0.3) is 5.91 Å². The van der Waals surface area contributed by atoms with Gasteiger partial charge in [-0.2, -0.15) is 0 Å². The monoisotopic (exact) mass is 251 g/mol. The van der Waals surface area contributed by atoms with Gasteiger partial charge in [-0.25, -0.2) is 0 Å². The Labute approximate surface area is 106 Å². The summed E-state index contributed by atoms with van der Waals surface area (Å²) in [6.45, 7) is 1.95. The molecule has 0 aliphatic heterocycles. The molecule has 0 saturated heterocycles. The lowest BCUT2D eigenvalue weighted by molar-refractivity contribution is -0.141. The number of hydrogen-bond acceptors (Lipinski definition) is 3. The molecule has 1 unspecified atom stereocenters. The Morgan fingerprint density at radius 2 is 2.17 bits per heavy atom. The zero-order chi connectivity index (χ0) is 13.5. The summed E-state index contributed by atoms with van der Waals surface area (Å²) in [5, 5.41) is 11.4. The molecular formula is C13H17NO4. The normalized spacial score (nSPS) is 11.7. The van der Waals surface area contributed by atoms with Crippen LogP contribution in [-0.4, -0.2) is 30.6 Å². The van der Waals surface area contributed by atoms with Gasteiger partial charge in [0.1, 0.15) is 5.75 Å². The van der Waals surface area contributed by atoms with E-state index in [2.05, 4.69) is 5.32 Å². The average Bonchev–Trinajstić information content (AvgIpc) is 2.38. The highest BCUT2D eigenvalue weighted by Gasteiger charge is 2.11. The third-order valence-electron chi connectivity index (χ3n) is 2.62. The van der Waals surface area contributed by atoms with E-state index in [-0.39, 0.29) is 5.91 Å². The summed E-state index contributed by atoms with van der Waals surface area (Å²) >= 11 is 0. The van der Waals surface area contributed by atoms with Crippen molar-refractivity contribution >= 4 is 11.9 Å². The van der Waals surface area contributed by atoms with E-state index in [1.165, 1.54) is 7.11 Å². The molecule has 0 fully saturated rings. The van der Waals surface area contributed by atoms with Crippen LogP contribution in [0.2, 0.25) is 0 Å². The van der Waals surface area contributed by atoms with Crippen LogP contribution in [-0.2, 0) is 4.79 Å². The molecule has 1 aromatic carbocycles. The molecule has 0 spiro atoms. The number of carboxylic acids is 1. The van der Waals surface area contributed by atoms with Crippen LogP contribution in [0.5, 0.6) is 5.75 Å². The van der Waals surface area contributed by atoms with Gasteiger partial charge < -0.3 is 15.2 Å². The Morgan fingerprint density at radius 3 is 2.78 bits per heavy atom. The van der Waals surface area contributed by atoms with Gasteiger partial charge in [0.15, 0.2) is 0 Å². The molecule has 1 amide bonds. The maximum absolute atomic E-state index is 11.8. The molecule has 0 saturated carbocycles. The van der Waals surface area contributed by atoms with Gasteiger partial charge in [-0.05, 0) is 24.6 Å². The van der Waals surface area contributed by atoms with Crippen molar-refractivity contribution in [2.75, 3.05) is 13.7 Å². The molecule has 5 nitrogen and oxygen atoms in total. The molecule has 2 N–H and O–H groups in total. The van der Waals surface area contributed by atoms with E-state index in [1.54, 1.807) is 31.2 Å². The number of hydrogen-bond donors (Lipinski definition) is 2. The number of carbonyl (C=O) groups is 2. The van der Waals surface area contributed by atoms with E-state index < -0.39 is 11.9 Å². The fraction of sp³-hybridized carbons (Fsp3) is 0.385. The van der Waals surface area contributed by atoms with Crippen molar-refractivity contribution in [1.82, 2.24) is 5.32 Å². The van der Waals surface area contributed by atoms with Crippen LogP contribution in [0.1, 0.15) is 23.7 Å². The van der Waals surface area contributed by atoms with E-state index >= 15 is 0 Å². The molecule has 0 aliphatic carbocycles. The Balaban J connectivity index is 2.47. The molecule has 0 aliphatic rings. The lowest BCUT2D eigenvalue weighted by atomic mass is 10.1. The molecule has 0 aromatic heterocycles. The summed E-state index contributed by atoms with van der Waals surface area (Å²) in [4.78, 5) is 22.3. The topological polar surface area (TPSA) is 75.6 Å². The third kappa shape index (κ3) is 4.08. The number of carboxylic acid groups (broad SMARTS) is 1. The van der Waals surface area contributed by atoms with E-state index in [1.807, 2.05) is 0 Å². The van der Waals surface area contributed by atoms with Crippen molar-refractivity contribution in [3.8, 4) is 5.75 Å². The number of ether oxygens (including phenoxy) is 1. The number of nitrogens with one attached hydrogen (secondary N) is 1. The first-order valence-corrected chi connectivity index (χ1v) is 5.69. The van der Waals surface area contributed by atoms with Gasteiger partial charge in [0.05, 0.1) is 13.0 Å². The number of carbonyl (C=O) groups excluding carboxylic acids is 1. The second kappa shape index (κ2) is 6.64. The van der Waals surface area contributed by atoms with Crippen LogP contribution in [0, 0.1) is 5.92 Å². The molecule has 98 valence electrons. The molecule has 1 rings (SSSR count). The first-order chi connectivity index (χ1) is 8.54. The highest BCUT2D eigenvalue weighted by molar-refractivity contribution is 5.94. The Morgan fingerprint density at radius 1 is 1.44 bits per heavy atom. The molecule has 0 radical (unpaired) electrons. The molecule has 18 heavy (non-hydrogen) atoms. The fourth-order valence-electron chi connectivity index (χ4n) is 1.39. The van der Waals surface area contributed by atoms with Gasteiger partial charge in [0, 0.05) is 12.1 Å². The number of benzene rings is 1. The van der Waals surface area contributed by atoms with Crippen molar-refractivity contribution in [2.24, 2.45) is 5.92 Å². The maximum Gasteiger partial charge on any atom is 0.306 e. The third-order valence-corrected chi connectivity index (χ3v) is 2.62. The predicted molar refractivity (Wildman–Crippen MR) is 66.7 cm³/mol. The van der Waals surface area contributed by atoms with Crippen LogP contribution >= 0.6 is 0 Å². The van der Waals surface area contributed by atoms with Crippen molar-refractivity contribution < 1.29 is 19.4 Å². The van der Waals surface area contributed by atoms with Crippen LogP contribution in [0.3, 0.4) is 0 Å². The van der Waals surface area contributed by atoms with E-state index in [4.69, 9.17) is 9.84 Å². The van der Waals surface area contributed by atoms with Crippen LogP contribution < -0.4 is 10.1 Å². The summed E-state index contributed by atoms with van der Waals surface area (Å²) in [7, 11) is 1.53. The lowest BCUT2D eigenvalue weighted by Crippen LogP contribution is -2.27. The Hall–Kier alpha value is -2.04. The number of amides is 1. The van der Waals surface area contributed by atoms with Crippen LogP contribution in [0.15, 0.2) is 24.3 Å². The Bertz CT molecular complexity index is 431. The number of rotatable bonds is 6. The van der Waals surface area contributed by atoms with Gasteiger partial charge in [-0.15, -0.1) is 0 Å². The minimum atomic E-state index is -0.856. The Kier molecular flexibility index (Phi) is 5.17. The number of aliphatic carboxylic acids is 1. The van der Waals surface area contributed by atoms with Crippen LogP contribution in [0.4, 0.5) is 0 Å². The zero-order valence-corrected chi connectivity index (χ0v) is 10.5. The van der Waals surface area contributed by atoms with Crippen molar-refractivity contribution in [1.29, 1.82) is 0 Å². The second-order valence-corrected chi connectivity index (χ2v) is 4.02. The number of methoxy groups -OCH3 is 1. The minimum Gasteiger partial charge on any atom is -0.497 e. The van der Waals surface area contributed by atoms with Gasteiger partial charge in [-0.1, -0.05) is 13.0 Å². The quantitative estimate of drug-likeness (QED) is 0.804. The first-order valence-electron chi connectivity index (χ1n) is 5.69. The molecule has 0 heterocycles. The molecule has 1 atom stereocenters. The van der Waals surface area contributed by atoms with E-state index in [0.29, 0.717) is 24.3 Å². The van der Waals surface area contributed by atoms with Crippen molar-refractivity contribution in [3.63, 3.8) is 0 Å². The van der Waals surface area contributed by atoms with Crippen LogP contribution in [0.25, 0.3) is 0 Å². The largest absolute Gasteiger partial charge is 0.497 e. The smallest absolute Gasteiger partial charge is 0.306 e. The summed E-state index contributed by atoms with van der Waals surface area (Å²) < 4.78 is 5.02. The van der Waals surface area contributed by atoms with E-state index in [9.17, 15) is 9.59 Å². The molecule has 0 bridgehead atoms. The SMILES string of the molecule is COc1cccc(C(=O)NCCC(C)C(=O)O)c1. The maximum atomic E-state index is 11.8. The minimum absolute atomic E-state index is 0.230. The van der Waals surface area contributed by atoms with Gasteiger partial charge in [0.2, 0.25) is 0 Å². The van der Waals surface area contributed by atoms with Gasteiger partial charge in [-0.3, -0.25) is 9.59 Å². The summed E-state index contributed by atoms with van der Waals surface area (Å²) in [6, 6.07) is 6.80. The molecular weight excluding hydrogens is 234 g/mol. The summed E-state index contributed by atoms with van der Waals surface area (Å²) in [6.07, 6.45) is 0.408. The van der Waals surface area contributed by atoms with Crippen molar-refractivity contribution in [3.05, 3.63) is 29.8 Å². The zero-order valence-electron chi connectivity index (χ0n) is 10.5. The first kappa shape index (κ1) is 14.0. The fourth-order valence-corrected chi connectivity index (χ4v) is 1.39. The summed E-state index contributed by atoms with van der Waals surface area (Å²) in [5.74, 6) is -0.936. The highest BCUT2D eigenvalue weighted by atomic mass is 16.5. The second-order valence-electron chi connectivity index (χ2n) is 4.02. The van der Waals surface area contributed by atoms with Gasteiger partial charge >= 0.3 is 5.97 Å². The lowest BCUT2D eigenvalue weighted by Gasteiger charge is -2.08. The van der Waals surface area contributed by atoms with Crippen molar-refractivity contribution in [2.45, 2.75) is 13.3 Å². The molecule has 5 heteroatoms. The standard InChI is InChI=1S/C13H17NO4/c1-9(13(16)17)6-7-14-12(15)10-4-3-5-11(8-10)18-2/h3-5,8-9H,6-7H2,1-2H3,(H,14,15)(H,16,17). The predicted octanol–water partition coefficient (Wildman–Crippen LogP) is 1.54. The van der Waals surface area contributed by atoms with E-state index in [0.717, 1.165) is 0 Å². The average molecular weight is 251 g/mol. The highest BCUT2D eigenvalue weighted by Crippen LogP contribution is 2.12. The summed E-state index contributed by atoms with van der Waals surface area (Å²) in [5.41, 5.74) is 0.498.